The van der Waals surface area contributed by atoms with Gasteiger partial charge in [0.25, 0.3) is 0 Å². The molecular formula is C21H19ClFN9O2. The summed E-state index contributed by atoms with van der Waals surface area (Å²) in [4.78, 5) is 12.9. The largest absolute Gasteiger partial charge is 0.450 e. The number of hydrogen-bond donors (Lipinski definition) is 1. The molecule has 34 heavy (non-hydrogen) atoms. The predicted molar refractivity (Wildman–Crippen MR) is 121 cm³/mol. The average Bonchev–Trinajstić information content (AvgIpc) is 3.44. The van der Waals surface area contributed by atoms with Crippen molar-refractivity contribution >= 4 is 40.0 Å². The van der Waals surface area contributed by atoms with Gasteiger partial charge >= 0.3 is 0 Å². The second-order valence-electron chi connectivity index (χ2n) is 8.56. The number of nitrogens with one attached hydrogen (secondary N) is 1. The molecule has 1 aliphatic heterocycles. The number of anilines is 2. The van der Waals surface area contributed by atoms with Crippen molar-refractivity contribution in [1.29, 1.82) is 0 Å². The van der Waals surface area contributed by atoms with Crippen LogP contribution in [0.25, 0.3) is 16.7 Å². The molecule has 0 unspecified atom stereocenters. The SMILES string of the molecule is Cn1c(Nc2nn3c(c2F)COC(C)(C)C3)nc2ncc(Oc3cnn4ccncc34)c(Cl)c21. The van der Waals surface area contributed by atoms with Gasteiger partial charge in [0.15, 0.2) is 28.8 Å². The molecular weight excluding hydrogens is 465 g/mol. The number of rotatable bonds is 4. The number of ether oxygens (including phenoxy) is 2. The van der Waals surface area contributed by atoms with E-state index in [1.54, 1.807) is 45.6 Å². The standard InChI is InChI=1S/C21H19ClFN9O2/c1-21(2)10-32-12(9-33-21)16(23)18(29-32)27-20-28-19-17(30(20)3)15(22)14(7-25-19)34-13-8-26-31-5-4-24-6-11(13)31/h4-8H,9-10H2,1-3H3,(H,25,27,28,29). The number of aryl methyl sites for hydroxylation is 1. The summed E-state index contributed by atoms with van der Waals surface area (Å²) in [5.74, 6) is 0.711. The molecule has 1 aliphatic rings. The molecule has 0 aromatic carbocycles. The third-order valence-corrected chi connectivity index (χ3v) is 6.03. The minimum Gasteiger partial charge on any atom is -0.450 e. The lowest BCUT2D eigenvalue weighted by molar-refractivity contribution is -0.0673. The van der Waals surface area contributed by atoms with Crippen molar-refractivity contribution in [2.75, 3.05) is 5.32 Å². The normalized spacial score (nSPS) is 15.1. The molecule has 0 amide bonds. The Morgan fingerprint density at radius 2 is 2.09 bits per heavy atom. The maximum absolute atomic E-state index is 15.0. The number of nitrogens with zero attached hydrogens (tertiary/aromatic N) is 8. The number of fused-ring (bicyclic) bond motifs is 3. The highest BCUT2D eigenvalue weighted by Crippen LogP contribution is 2.37. The van der Waals surface area contributed by atoms with Crippen LogP contribution in [0.3, 0.4) is 0 Å². The smallest absolute Gasteiger partial charge is 0.211 e. The lowest BCUT2D eigenvalue weighted by atomic mass is 10.1. The van der Waals surface area contributed by atoms with Crippen LogP contribution >= 0.6 is 11.6 Å². The Kier molecular flexibility index (Phi) is 4.51. The van der Waals surface area contributed by atoms with E-state index in [1.807, 2.05) is 13.8 Å². The number of pyridine rings is 1. The van der Waals surface area contributed by atoms with Gasteiger partial charge in [0.05, 0.1) is 37.3 Å². The molecule has 5 aromatic rings. The van der Waals surface area contributed by atoms with E-state index in [0.717, 1.165) is 0 Å². The molecule has 174 valence electrons. The fraction of sp³-hybridized carbons (Fsp3) is 0.286. The third-order valence-electron chi connectivity index (χ3n) is 5.67. The maximum Gasteiger partial charge on any atom is 0.211 e. The first-order valence-corrected chi connectivity index (χ1v) is 10.8. The van der Waals surface area contributed by atoms with Crippen molar-refractivity contribution in [3.8, 4) is 11.5 Å². The van der Waals surface area contributed by atoms with Gasteiger partial charge in [-0.05, 0) is 13.8 Å². The van der Waals surface area contributed by atoms with Crippen LogP contribution in [0.2, 0.25) is 5.02 Å². The highest BCUT2D eigenvalue weighted by molar-refractivity contribution is 6.36. The van der Waals surface area contributed by atoms with E-state index in [-0.39, 0.29) is 12.4 Å². The van der Waals surface area contributed by atoms with Crippen LogP contribution in [0.5, 0.6) is 11.5 Å². The molecule has 0 aliphatic carbocycles. The molecule has 5 aromatic heterocycles. The highest BCUT2D eigenvalue weighted by Gasteiger charge is 2.31. The number of imidazole rings is 1. The predicted octanol–water partition coefficient (Wildman–Crippen LogP) is 3.84. The summed E-state index contributed by atoms with van der Waals surface area (Å²) < 4.78 is 31.6. The monoisotopic (exact) mass is 483 g/mol. The summed E-state index contributed by atoms with van der Waals surface area (Å²) in [6.07, 6.45) is 8.03. The van der Waals surface area contributed by atoms with Gasteiger partial charge in [-0.3, -0.25) is 9.67 Å². The molecule has 0 radical (unpaired) electrons. The van der Waals surface area contributed by atoms with Gasteiger partial charge in [0.1, 0.15) is 21.7 Å². The molecule has 0 bridgehead atoms. The van der Waals surface area contributed by atoms with E-state index in [0.29, 0.717) is 51.4 Å². The van der Waals surface area contributed by atoms with Crippen molar-refractivity contribution < 1.29 is 13.9 Å². The molecule has 6 heterocycles. The van der Waals surface area contributed by atoms with Crippen LogP contribution in [0, 0.1) is 5.82 Å². The van der Waals surface area contributed by atoms with Crippen molar-refractivity contribution in [3.05, 3.63) is 47.5 Å². The van der Waals surface area contributed by atoms with Crippen molar-refractivity contribution in [2.45, 2.75) is 32.6 Å². The van der Waals surface area contributed by atoms with Gasteiger partial charge in [0.2, 0.25) is 5.95 Å². The molecule has 0 fully saturated rings. The van der Waals surface area contributed by atoms with Gasteiger partial charge in [-0.2, -0.15) is 15.2 Å². The van der Waals surface area contributed by atoms with Crippen LogP contribution in [0.15, 0.2) is 31.0 Å². The Morgan fingerprint density at radius 3 is 2.94 bits per heavy atom. The number of halogens is 2. The number of aromatic nitrogens is 8. The molecule has 6 rings (SSSR count). The zero-order chi connectivity index (χ0) is 23.6. The fourth-order valence-electron chi connectivity index (χ4n) is 3.90. The minimum atomic E-state index is -0.479. The van der Waals surface area contributed by atoms with E-state index in [4.69, 9.17) is 21.1 Å². The molecule has 0 atom stereocenters. The summed E-state index contributed by atoms with van der Waals surface area (Å²) in [6, 6.07) is 0. The van der Waals surface area contributed by atoms with Crippen molar-refractivity contribution in [3.63, 3.8) is 0 Å². The second-order valence-corrected chi connectivity index (χ2v) is 8.94. The lowest BCUT2D eigenvalue weighted by Crippen LogP contribution is -2.36. The van der Waals surface area contributed by atoms with E-state index >= 15 is 0 Å². The Labute approximate surface area is 197 Å². The maximum atomic E-state index is 15.0. The van der Waals surface area contributed by atoms with Crippen molar-refractivity contribution in [2.24, 2.45) is 7.05 Å². The molecule has 1 N–H and O–H groups in total. The molecule has 11 nitrogen and oxygen atoms in total. The van der Waals surface area contributed by atoms with Gasteiger partial charge < -0.3 is 19.4 Å². The Bertz CT molecular complexity index is 1570. The number of hydrogen-bond acceptors (Lipinski definition) is 8. The zero-order valence-corrected chi connectivity index (χ0v) is 19.2. The fourth-order valence-corrected chi connectivity index (χ4v) is 4.20. The third kappa shape index (κ3) is 3.25. The van der Waals surface area contributed by atoms with Gasteiger partial charge in [-0.25, -0.2) is 13.9 Å². The van der Waals surface area contributed by atoms with Crippen LogP contribution in [0.1, 0.15) is 19.5 Å². The summed E-state index contributed by atoms with van der Waals surface area (Å²) in [5, 5.41) is 11.9. The molecule has 13 heteroatoms. The Hall–Kier alpha value is -3.77. The highest BCUT2D eigenvalue weighted by atomic mass is 35.5. The van der Waals surface area contributed by atoms with Gasteiger partial charge in [-0.1, -0.05) is 11.6 Å². The minimum absolute atomic E-state index is 0.0566. The van der Waals surface area contributed by atoms with Crippen LogP contribution in [-0.2, 0) is 24.9 Å². The van der Waals surface area contributed by atoms with Crippen molar-refractivity contribution in [1.82, 2.24) is 38.9 Å². The van der Waals surface area contributed by atoms with Crippen LogP contribution in [-0.4, -0.2) is 44.5 Å². The topological polar surface area (TPSA) is 109 Å². The average molecular weight is 484 g/mol. The van der Waals surface area contributed by atoms with Crippen LogP contribution in [0.4, 0.5) is 16.2 Å². The summed E-state index contributed by atoms with van der Waals surface area (Å²) in [5.41, 5.74) is 1.53. The first kappa shape index (κ1) is 20.8. The van der Waals surface area contributed by atoms with E-state index in [9.17, 15) is 4.39 Å². The molecule has 0 saturated carbocycles. The molecule has 0 spiro atoms. The summed E-state index contributed by atoms with van der Waals surface area (Å²) >= 11 is 6.67. The molecule has 0 saturated heterocycles. The van der Waals surface area contributed by atoms with Gasteiger partial charge in [0, 0.05) is 19.4 Å². The van der Waals surface area contributed by atoms with E-state index in [1.165, 1.54) is 6.20 Å². The van der Waals surface area contributed by atoms with Gasteiger partial charge in [-0.15, -0.1) is 0 Å². The summed E-state index contributed by atoms with van der Waals surface area (Å²) in [6.45, 7) is 4.45. The Morgan fingerprint density at radius 1 is 1.24 bits per heavy atom. The zero-order valence-electron chi connectivity index (χ0n) is 18.5. The first-order chi connectivity index (χ1) is 16.3. The van der Waals surface area contributed by atoms with Crippen LogP contribution < -0.4 is 10.1 Å². The Balaban J connectivity index is 1.34. The quantitative estimate of drug-likeness (QED) is 0.410. The second kappa shape index (κ2) is 7.37. The lowest BCUT2D eigenvalue weighted by Gasteiger charge is -2.30. The summed E-state index contributed by atoms with van der Waals surface area (Å²) in [7, 11) is 1.74. The first-order valence-electron chi connectivity index (χ1n) is 10.4. The van der Waals surface area contributed by atoms with E-state index < -0.39 is 11.4 Å². The van der Waals surface area contributed by atoms with E-state index in [2.05, 4.69) is 30.5 Å².